The third-order valence-corrected chi connectivity index (χ3v) is 4.37. The lowest BCUT2D eigenvalue weighted by Crippen LogP contribution is -2.27. The van der Waals surface area contributed by atoms with E-state index in [9.17, 15) is 9.59 Å². The number of nitrogens with zero attached hydrogens (tertiary/aromatic N) is 4. The summed E-state index contributed by atoms with van der Waals surface area (Å²) in [6.45, 7) is 0.308. The number of carbonyl (C=O) groups is 1. The quantitative estimate of drug-likeness (QED) is 0.514. The van der Waals surface area contributed by atoms with Gasteiger partial charge in [0.1, 0.15) is 11.3 Å². The average molecular weight is 390 g/mol. The van der Waals surface area contributed by atoms with Crippen molar-refractivity contribution in [1.82, 2.24) is 30.1 Å². The van der Waals surface area contributed by atoms with Crippen molar-refractivity contribution in [2.75, 3.05) is 7.11 Å². The third kappa shape index (κ3) is 3.98. The van der Waals surface area contributed by atoms with Crippen LogP contribution in [0.25, 0.3) is 16.8 Å². The van der Waals surface area contributed by atoms with Gasteiger partial charge in [0.25, 0.3) is 5.56 Å². The fourth-order valence-corrected chi connectivity index (χ4v) is 2.87. The first-order valence-corrected chi connectivity index (χ1v) is 8.92. The van der Waals surface area contributed by atoms with E-state index in [4.69, 9.17) is 4.74 Å². The first-order chi connectivity index (χ1) is 14.1. The molecule has 0 radical (unpaired) electrons. The molecule has 0 spiro atoms. The number of hydrogen-bond acceptors (Lipinski definition) is 6. The Morgan fingerprint density at radius 3 is 2.76 bits per heavy atom. The number of amides is 1. The molecule has 9 nitrogen and oxygen atoms in total. The molecule has 0 saturated carbocycles. The highest BCUT2D eigenvalue weighted by molar-refractivity contribution is 5.78. The van der Waals surface area contributed by atoms with Gasteiger partial charge in [-0.2, -0.15) is 10.2 Å². The van der Waals surface area contributed by atoms with Gasteiger partial charge in [0.05, 0.1) is 31.5 Å². The molecule has 3 heterocycles. The fraction of sp³-hybridized carbons (Fsp3) is 0.150. The van der Waals surface area contributed by atoms with Crippen molar-refractivity contribution < 1.29 is 9.53 Å². The molecule has 0 atom stereocenters. The third-order valence-electron chi connectivity index (χ3n) is 4.37. The lowest BCUT2D eigenvalue weighted by molar-refractivity contribution is -0.120. The number of H-pyrrole nitrogens is 1. The lowest BCUT2D eigenvalue weighted by Gasteiger charge is -2.05. The van der Waals surface area contributed by atoms with Crippen LogP contribution < -0.4 is 15.6 Å². The van der Waals surface area contributed by atoms with Crippen molar-refractivity contribution in [2.24, 2.45) is 0 Å². The molecule has 0 aliphatic carbocycles. The van der Waals surface area contributed by atoms with E-state index in [1.165, 1.54) is 4.52 Å². The molecule has 2 N–H and O–H groups in total. The SMILES string of the molecule is COc1ccc(-c2cc3c(=O)[nH]nc(CC(=O)NCc4ccccn4)n3n2)cc1. The number of fused-ring (bicyclic) bond motifs is 1. The van der Waals surface area contributed by atoms with E-state index in [-0.39, 0.29) is 17.9 Å². The molecule has 0 fully saturated rings. The Balaban J connectivity index is 1.57. The minimum Gasteiger partial charge on any atom is -0.497 e. The molecule has 4 aromatic rings. The number of ether oxygens (including phenoxy) is 1. The summed E-state index contributed by atoms with van der Waals surface area (Å²) in [5, 5.41) is 13.7. The Hall–Kier alpha value is -4.01. The predicted octanol–water partition coefficient (Wildman–Crippen LogP) is 1.35. The van der Waals surface area contributed by atoms with Gasteiger partial charge in [-0.15, -0.1) is 0 Å². The van der Waals surface area contributed by atoms with E-state index in [0.29, 0.717) is 23.6 Å². The lowest BCUT2D eigenvalue weighted by atomic mass is 10.1. The molecule has 0 unspecified atom stereocenters. The van der Waals surface area contributed by atoms with Crippen LogP contribution in [0.15, 0.2) is 59.5 Å². The van der Waals surface area contributed by atoms with Crippen LogP contribution in [-0.4, -0.2) is 37.8 Å². The number of aromatic nitrogens is 5. The Labute approximate surface area is 165 Å². The molecule has 0 bridgehead atoms. The van der Waals surface area contributed by atoms with Crippen LogP contribution in [0.4, 0.5) is 0 Å². The zero-order chi connectivity index (χ0) is 20.2. The molecule has 0 aliphatic rings. The van der Waals surface area contributed by atoms with Gasteiger partial charge >= 0.3 is 0 Å². The molecule has 1 amide bonds. The van der Waals surface area contributed by atoms with Crippen molar-refractivity contribution in [2.45, 2.75) is 13.0 Å². The van der Waals surface area contributed by atoms with Crippen LogP contribution in [-0.2, 0) is 17.8 Å². The predicted molar refractivity (Wildman–Crippen MR) is 105 cm³/mol. The highest BCUT2D eigenvalue weighted by Gasteiger charge is 2.14. The van der Waals surface area contributed by atoms with Crippen LogP contribution >= 0.6 is 0 Å². The molecule has 0 saturated heterocycles. The average Bonchev–Trinajstić information content (AvgIpc) is 3.22. The molecule has 29 heavy (non-hydrogen) atoms. The summed E-state index contributed by atoms with van der Waals surface area (Å²) in [6, 6.07) is 14.5. The maximum Gasteiger partial charge on any atom is 0.290 e. The van der Waals surface area contributed by atoms with Crippen LogP contribution in [0.2, 0.25) is 0 Å². The number of aromatic amines is 1. The van der Waals surface area contributed by atoms with Crippen molar-refractivity contribution in [1.29, 1.82) is 0 Å². The minimum absolute atomic E-state index is 0.0379. The van der Waals surface area contributed by atoms with Crippen LogP contribution in [0.3, 0.4) is 0 Å². The van der Waals surface area contributed by atoms with Crippen LogP contribution in [0, 0.1) is 0 Å². The summed E-state index contributed by atoms with van der Waals surface area (Å²) in [7, 11) is 1.59. The summed E-state index contributed by atoms with van der Waals surface area (Å²) in [5.41, 5.74) is 2.11. The summed E-state index contributed by atoms with van der Waals surface area (Å²) in [6.07, 6.45) is 1.63. The second kappa shape index (κ2) is 7.93. The maximum absolute atomic E-state index is 12.3. The molecular formula is C20H18N6O3. The van der Waals surface area contributed by atoms with Gasteiger partial charge in [0, 0.05) is 11.8 Å². The summed E-state index contributed by atoms with van der Waals surface area (Å²) >= 11 is 0. The van der Waals surface area contributed by atoms with Gasteiger partial charge in [0.15, 0.2) is 5.82 Å². The number of benzene rings is 1. The first kappa shape index (κ1) is 18.4. The number of nitrogens with one attached hydrogen (secondary N) is 2. The van der Waals surface area contributed by atoms with Crippen LogP contribution in [0.5, 0.6) is 5.75 Å². The smallest absolute Gasteiger partial charge is 0.290 e. The maximum atomic E-state index is 12.3. The molecular weight excluding hydrogens is 372 g/mol. The van der Waals surface area contributed by atoms with Gasteiger partial charge in [0.2, 0.25) is 5.91 Å². The van der Waals surface area contributed by atoms with E-state index in [1.807, 2.05) is 42.5 Å². The minimum atomic E-state index is -0.380. The van der Waals surface area contributed by atoms with Crippen molar-refractivity contribution >= 4 is 11.4 Å². The Bertz CT molecular complexity index is 1200. The Morgan fingerprint density at radius 2 is 2.03 bits per heavy atom. The van der Waals surface area contributed by atoms with E-state index in [1.54, 1.807) is 19.4 Å². The van der Waals surface area contributed by atoms with Crippen molar-refractivity contribution in [3.05, 3.63) is 76.6 Å². The van der Waals surface area contributed by atoms with Crippen LogP contribution in [0.1, 0.15) is 11.5 Å². The number of methoxy groups -OCH3 is 1. The number of hydrogen-bond donors (Lipinski definition) is 2. The molecule has 1 aromatic carbocycles. The molecule has 0 aliphatic heterocycles. The van der Waals surface area contributed by atoms with E-state index in [2.05, 4.69) is 25.6 Å². The van der Waals surface area contributed by atoms with Crippen molar-refractivity contribution in [3.63, 3.8) is 0 Å². The van der Waals surface area contributed by atoms with Gasteiger partial charge in [-0.1, -0.05) is 6.07 Å². The van der Waals surface area contributed by atoms with Crippen molar-refractivity contribution in [3.8, 4) is 17.0 Å². The Kier molecular flexibility index (Phi) is 5.02. The summed E-state index contributed by atoms with van der Waals surface area (Å²) in [5.74, 6) is 0.804. The summed E-state index contributed by atoms with van der Waals surface area (Å²) in [4.78, 5) is 28.7. The fourth-order valence-electron chi connectivity index (χ4n) is 2.87. The molecule has 9 heteroatoms. The first-order valence-electron chi connectivity index (χ1n) is 8.92. The molecule has 3 aromatic heterocycles. The highest BCUT2D eigenvalue weighted by Crippen LogP contribution is 2.21. The summed E-state index contributed by atoms with van der Waals surface area (Å²) < 4.78 is 6.56. The zero-order valence-electron chi connectivity index (χ0n) is 15.6. The number of rotatable bonds is 6. The second-order valence-corrected chi connectivity index (χ2v) is 6.30. The molecule has 146 valence electrons. The topological polar surface area (TPSA) is 114 Å². The van der Waals surface area contributed by atoms with Gasteiger partial charge in [-0.05, 0) is 42.5 Å². The van der Waals surface area contributed by atoms with E-state index >= 15 is 0 Å². The van der Waals surface area contributed by atoms with Gasteiger partial charge in [-0.3, -0.25) is 14.6 Å². The highest BCUT2D eigenvalue weighted by atomic mass is 16.5. The van der Waals surface area contributed by atoms with E-state index < -0.39 is 0 Å². The normalized spacial score (nSPS) is 10.8. The number of pyridine rings is 1. The van der Waals surface area contributed by atoms with Gasteiger partial charge < -0.3 is 10.1 Å². The zero-order valence-corrected chi connectivity index (χ0v) is 15.6. The molecule has 4 rings (SSSR count). The van der Waals surface area contributed by atoms with Gasteiger partial charge in [-0.25, -0.2) is 9.61 Å². The standard InChI is InChI=1S/C20H18N6O3/c1-29-15-7-5-13(6-8-15)16-10-17-20(28)24-23-18(26(17)25-16)11-19(27)22-12-14-4-2-3-9-21-14/h2-10H,11-12H2,1H3,(H,22,27)(H,24,28). The monoisotopic (exact) mass is 390 g/mol. The van der Waals surface area contributed by atoms with E-state index in [0.717, 1.165) is 17.0 Å². The second-order valence-electron chi connectivity index (χ2n) is 6.30. The Morgan fingerprint density at radius 1 is 1.21 bits per heavy atom. The largest absolute Gasteiger partial charge is 0.497 e. The number of carbonyl (C=O) groups excluding carboxylic acids is 1.